The van der Waals surface area contributed by atoms with Gasteiger partial charge in [-0.3, -0.25) is 0 Å². The van der Waals surface area contributed by atoms with Crippen molar-refractivity contribution in [2.24, 2.45) is 0 Å². The number of aromatic hydroxyl groups is 1. The summed E-state index contributed by atoms with van der Waals surface area (Å²) >= 11 is 4.55. The lowest BCUT2D eigenvalue weighted by Gasteiger charge is -2.11. The van der Waals surface area contributed by atoms with E-state index in [1.807, 2.05) is 13.0 Å². The van der Waals surface area contributed by atoms with Gasteiger partial charge in [-0.25, -0.2) is 0 Å². The van der Waals surface area contributed by atoms with E-state index in [0.29, 0.717) is 0 Å². The van der Waals surface area contributed by atoms with Crippen LogP contribution in [0.2, 0.25) is 0 Å². The van der Waals surface area contributed by atoms with E-state index in [1.165, 1.54) is 5.56 Å². The lowest BCUT2D eigenvalue weighted by Crippen LogP contribution is -1.92. The highest BCUT2D eigenvalue weighted by atomic mass is 127. The summed E-state index contributed by atoms with van der Waals surface area (Å²) in [4.78, 5) is 0. The van der Waals surface area contributed by atoms with E-state index in [-0.39, 0.29) is 5.75 Å². The van der Waals surface area contributed by atoms with Gasteiger partial charge in [0.15, 0.2) is 5.75 Å². The number of hydrogen-bond donors (Lipinski definition) is 1. The fraction of sp³-hybridized carbons (Fsp3) is 0.143. The van der Waals surface area contributed by atoms with Crippen LogP contribution >= 0.6 is 45.2 Å². The lowest BCUT2D eigenvalue weighted by atomic mass is 10.2. The molecule has 4 heteroatoms. The van der Waals surface area contributed by atoms with Crippen molar-refractivity contribution in [3.63, 3.8) is 0 Å². The SMILES string of the molecule is Cc1cc(I)c(Oc2ccc(O)c(C)c2)c(I)c1. The maximum Gasteiger partial charge on any atom is 0.154 e. The number of ether oxygens (including phenoxy) is 1. The van der Waals surface area contributed by atoms with E-state index < -0.39 is 0 Å². The second-order valence-corrected chi connectivity index (χ2v) is 6.43. The number of benzene rings is 2. The Hall–Kier alpha value is -0.500. The van der Waals surface area contributed by atoms with Crippen molar-refractivity contribution in [1.82, 2.24) is 0 Å². The third-order valence-electron chi connectivity index (χ3n) is 2.53. The molecule has 0 amide bonds. The molecule has 0 radical (unpaired) electrons. The van der Waals surface area contributed by atoms with Gasteiger partial charge in [0.25, 0.3) is 0 Å². The maximum absolute atomic E-state index is 9.50. The van der Waals surface area contributed by atoms with Crippen LogP contribution in [0.1, 0.15) is 11.1 Å². The third-order valence-corrected chi connectivity index (χ3v) is 4.13. The minimum atomic E-state index is 0.288. The van der Waals surface area contributed by atoms with Crippen molar-refractivity contribution in [3.8, 4) is 17.2 Å². The molecule has 0 saturated carbocycles. The zero-order chi connectivity index (χ0) is 13.3. The van der Waals surface area contributed by atoms with Gasteiger partial charge < -0.3 is 9.84 Å². The molecule has 0 aromatic heterocycles. The Kier molecular flexibility index (Phi) is 4.37. The van der Waals surface area contributed by atoms with Crippen LogP contribution in [0.5, 0.6) is 17.2 Å². The van der Waals surface area contributed by atoms with Crippen LogP contribution in [-0.4, -0.2) is 5.11 Å². The van der Waals surface area contributed by atoms with E-state index >= 15 is 0 Å². The highest BCUT2D eigenvalue weighted by molar-refractivity contribution is 14.1. The quantitative estimate of drug-likeness (QED) is 0.631. The molecule has 0 atom stereocenters. The van der Waals surface area contributed by atoms with Crippen molar-refractivity contribution in [2.75, 3.05) is 0 Å². The molecule has 2 aromatic carbocycles. The summed E-state index contributed by atoms with van der Waals surface area (Å²) in [5.74, 6) is 1.90. The Morgan fingerprint density at radius 3 is 2.17 bits per heavy atom. The molecule has 2 rings (SSSR count). The van der Waals surface area contributed by atoms with Gasteiger partial charge in [-0.15, -0.1) is 0 Å². The van der Waals surface area contributed by atoms with E-state index in [0.717, 1.165) is 24.2 Å². The second kappa shape index (κ2) is 5.64. The first-order valence-electron chi connectivity index (χ1n) is 5.40. The molecule has 0 aliphatic heterocycles. The van der Waals surface area contributed by atoms with Crippen molar-refractivity contribution in [1.29, 1.82) is 0 Å². The number of phenols is 1. The van der Waals surface area contributed by atoms with Gasteiger partial charge in [-0.1, -0.05) is 0 Å². The molecule has 0 saturated heterocycles. The molecule has 0 bridgehead atoms. The van der Waals surface area contributed by atoms with Gasteiger partial charge in [0.2, 0.25) is 0 Å². The molecule has 2 aromatic rings. The first-order chi connectivity index (χ1) is 8.47. The molecule has 18 heavy (non-hydrogen) atoms. The van der Waals surface area contributed by atoms with Gasteiger partial charge in [0.05, 0.1) is 7.14 Å². The lowest BCUT2D eigenvalue weighted by molar-refractivity contribution is 0.458. The van der Waals surface area contributed by atoms with Crippen molar-refractivity contribution in [3.05, 3.63) is 48.6 Å². The van der Waals surface area contributed by atoms with Crippen LogP contribution in [0.25, 0.3) is 0 Å². The first kappa shape index (κ1) is 13.9. The van der Waals surface area contributed by atoms with E-state index in [4.69, 9.17) is 4.74 Å². The number of rotatable bonds is 2. The first-order valence-corrected chi connectivity index (χ1v) is 7.56. The fourth-order valence-electron chi connectivity index (χ4n) is 1.59. The molecule has 0 unspecified atom stereocenters. The molecule has 0 spiro atoms. The van der Waals surface area contributed by atoms with Gasteiger partial charge >= 0.3 is 0 Å². The summed E-state index contributed by atoms with van der Waals surface area (Å²) in [5, 5.41) is 9.50. The van der Waals surface area contributed by atoms with Crippen LogP contribution in [0.4, 0.5) is 0 Å². The van der Waals surface area contributed by atoms with Gasteiger partial charge in [0.1, 0.15) is 11.5 Å². The van der Waals surface area contributed by atoms with Crippen LogP contribution in [0.15, 0.2) is 30.3 Å². The summed E-state index contributed by atoms with van der Waals surface area (Å²) < 4.78 is 8.08. The summed E-state index contributed by atoms with van der Waals surface area (Å²) in [6, 6.07) is 9.44. The van der Waals surface area contributed by atoms with E-state index in [1.54, 1.807) is 12.1 Å². The molecular formula is C14H12I2O2. The summed E-state index contributed by atoms with van der Waals surface area (Å²) in [6.07, 6.45) is 0. The second-order valence-electron chi connectivity index (χ2n) is 4.11. The molecule has 1 N–H and O–H groups in total. The average molecular weight is 466 g/mol. The Labute approximate surface area is 134 Å². The summed E-state index contributed by atoms with van der Waals surface area (Å²) in [7, 11) is 0. The Bertz CT molecular complexity index is 571. The molecule has 94 valence electrons. The number of halogens is 2. The number of aryl methyl sites for hydroxylation is 2. The number of hydrogen-bond acceptors (Lipinski definition) is 2. The largest absolute Gasteiger partial charge is 0.508 e. The van der Waals surface area contributed by atoms with E-state index in [9.17, 15) is 5.11 Å². The predicted molar refractivity (Wildman–Crippen MR) is 89.5 cm³/mol. The fourth-order valence-corrected chi connectivity index (χ4v) is 3.89. The van der Waals surface area contributed by atoms with E-state index in [2.05, 4.69) is 64.2 Å². The average Bonchev–Trinajstić information content (AvgIpc) is 2.28. The Morgan fingerprint density at radius 2 is 1.61 bits per heavy atom. The minimum absolute atomic E-state index is 0.288. The topological polar surface area (TPSA) is 29.5 Å². The van der Waals surface area contributed by atoms with Gasteiger partial charge in [-0.05, 0) is 100 Å². The zero-order valence-electron chi connectivity index (χ0n) is 10.00. The molecular weight excluding hydrogens is 454 g/mol. The molecule has 0 fully saturated rings. The normalized spacial score (nSPS) is 10.4. The standard InChI is InChI=1S/C14H12I2O2/c1-8-5-11(15)14(12(16)6-8)18-10-3-4-13(17)9(2)7-10/h3-7,17H,1-2H3. The molecule has 0 aliphatic carbocycles. The van der Waals surface area contributed by atoms with Crippen LogP contribution < -0.4 is 4.74 Å². The highest BCUT2D eigenvalue weighted by Crippen LogP contribution is 2.34. The third kappa shape index (κ3) is 3.09. The summed E-state index contributed by atoms with van der Waals surface area (Å²) in [5.41, 5.74) is 2.03. The smallest absolute Gasteiger partial charge is 0.154 e. The van der Waals surface area contributed by atoms with Crippen LogP contribution in [0, 0.1) is 21.0 Å². The minimum Gasteiger partial charge on any atom is -0.508 e. The Balaban J connectivity index is 2.37. The molecule has 0 aliphatic rings. The number of phenolic OH excluding ortho intramolecular Hbond substituents is 1. The maximum atomic E-state index is 9.50. The summed E-state index contributed by atoms with van der Waals surface area (Å²) in [6.45, 7) is 3.92. The zero-order valence-corrected chi connectivity index (χ0v) is 14.3. The predicted octanol–water partition coefficient (Wildman–Crippen LogP) is 5.01. The highest BCUT2D eigenvalue weighted by Gasteiger charge is 2.09. The van der Waals surface area contributed by atoms with Crippen LogP contribution in [0.3, 0.4) is 0 Å². The van der Waals surface area contributed by atoms with Crippen molar-refractivity contribution >= 4 is 45.2 Å². The van der Waals surface area contributed by atoms with Crippen molar-refractivity contribution < 1.29 is 9.84 Å². The van der Waals surface area contributed by atoms with Gasteiger partial charge in [-0.2, -0.15) is 0 Å². The van der Waals surface area contributed by atoms with Crippen molar-refractivity contribution in [2.45, 2.75) is 13.8 Å². The molecule has 0 heterocycles. The molecule has 2 nitrogen and oxygen atoms in total. The van der Waals surface area contributed by atoms with Crippen LogP contribution in [-0.2, 0) is 0 Å². The monoisotopic (exact) mass is 466 g/mol. The Morgan fingerprint density at radius 1 is 1.00 bits per heavy atom. The van der Waals surface area contributed by atoms with Gasteiger partial charge in [0, 0.05) is 0 Å².